The summed E-state index contributed by atoms with van der Waals surface area (Å²) >= 11 is 0. The molecule has 2 heterocycles. The Morgan fingerprint density at radius 3 is 2.82 bits per heavy atom. The average molecular weight is 382 g/mol. The van der Waals surface area contributed by atoms with Crippen molar-refractivity contribution in [3.63, 3.8) is 0 Å². The fourth-order valence-electron chi connectivity index (χ4n) is 2.76. The number of H-pyrrole nitrogens is 1. The van der Waals surface area contributed by atoms with Gasteiger partial charge in [0.25, 0.3) is 5.91 Å². The SMILES string of the molecule is Cc1nc(C(=O)NC(C)c2cccc(F)c2)nc(NCCc2cn[nH]c2)c1C. The van der Waals surface area contributed by atoms with Crippen LogP contribution in [-0.4, -0.2) is 32.6 Å². The summed E-state index contributed by atoms with van der Waals surface area (Å²) in [5.41, 5.74) is 3.37. The van der Waals surface area contributed by atoms with E-state index in [2.05, 4.69) is 30.8 Å². The minimum atomic E-state index is -0.405. The second-order valence-electron chi connectivity index (χ2n) is 6.64. The molecule has 0 radical (unpaired) electrons. The molecular formula is C20H23FN6O. The molecule has 3 rings (SSSR count). The summed E-state index contributed by atoms with van der Waals surface area (Å²) in [5.74, 6) is -0.0420. The van der Waals surface area contributed by atoms with Gasteiger partial charge in [0.1, 0.15) is 11.6 Å². The lowest BCUT2D eigenvalue weighted by Gasteiger charge is -2.15. The Morgan fingerprint density at radius 2 is 2.11 bits per heavy atom. The molecule has 0 saturated heterocycles. The monoisotopic (exact) mass is 382 g/mol. The molecule has 1 atom stereocenters. The number of aryl methyl sites for hydroxylation is 1. The number of benzene rings is 1. The Bertz CT molecular complexity index is 957. The van der Waals surface area contributed by atoms with Crippen LogP contribution in [0, 0.1) is 19.7 Å². The zero-order valence-electron chi connectivity index (χ0n) is 16.1. The smallest absolute Gasteiger partial charge is 0.289 e. The van der Waals surface area contributed by atoms with Gasteiger partial charge in [0.05, 0.1) is 12.2 Å². The third-order valence-electron chi connectivity index (χ3n) is 4.55. The van der Waals surface area contributed by atoms with Crippen LogP contribution >= 0.6 is 0 Å². The molecule has 0 aliphatic rings. The molecule has 3 aromatic rings. The van der Waals surface area contributed by atoms with Crippen LogP contribution in [0.3, 0.4) is 0 Å². The number of aromatic amines is 1. The quantitative estimate of drug-likeness (QED) is 0.584. The molecule has 3 N–H and O–H groups in total. The second kappa shape index (κ2) is 8.60. The fraction of sp³-hybridized carbons (Fsp3) is 0.300. The van der Waals surface area contributed by atoms with E-state index in [4.69, 9.17) is 0 Å². The number of hydrogen-bond donors (Lipinski definition) is 3. The lowest BCUT2D eigenvalue weighted by molar-refractivity contribution is 0.0929. The second-order valence-corrected chi connectivity index (χ2v) is 6.64. The van der Waals surface area contributed by atoms with Gasteiger partial charge in [0, 0.05) is 24.0 Å². The van der Waals surface area contributed by atoms with E-state index in [-0.39, 0.29) is 17.7 Å². The van der Waals surface area contributed by atoms with Crippen molar-refractivity contribution in [2.45, 2.75) is 33.2 Å². The van der Waals surface area contributed by atoms with Crippen molar-refractivity contribution in [1.82, 2.24) is 25.5 Å². The van der Waals surface area contributed by atoms with Gasteiger partial charge in [0.15, 0.2) is 0 Å². The first kappa shape index (κ1) is 19.5. The Labute approximate surface area is 162 Å². The van der Waals surface area contributed by atoms with Gasteiger partial charge in [0.2, 0.25) is 5.82 Å². The van der Waals surface area contributed by atoms with Crippen LogP contribution in [0.15, 0.2) is 36.7 Å². The molecule has 0 saturated carbocycles. The Hall–Kier alpha value is -3.29. The van der Waals surface area contributed by atoms with E-state index < -0.39 is 5.91 Å². The molecule has 1 amide bonds. The number of nitrogens with zero attached hydrogens (tertiary/aromatic N) is 3. The number of nitrogens with one attached hydrogen (secondary N) is 3. The van der Waals surface area contributed by atoms with Crippen molar-refractivity contribution in [2.24, 2.45) is 0 Å². The maximum atomic E-state index is 13.4. The number of aromatic nitrogens is 4. The maximum Gasteiger partial charge on any atom is 0.289 e. The molecule has 1 unspecified atom stereocenters. The lowest BCUT2D eigenvalue weighted by Crippen LogP contribution is -2.29. The van der Waals surface area contributed by atoms with E-state index in [0.29, 0.717) is 17.9 Å². The fourth-order valence-corrected chi connectivity index (χ4v) is 2.76. The van der Waals surface area contributed by atoms with Crippen molar-refractivity contribution < 1.29 is 9.18 Å². The standard InChI is InChI=1S/C20H23FN6O/c1-12-13(2)25-19(27-18(12)22-8-7-15-10-23-24-11-15)20(28)26-14(3)16-5-4-6-17(21)9-16/h4-6,9-11,14H,7-8H2,1-3H3,(H,23,24)(H,26,28)(H,22,25,27). The molecule has 146 valence electrons. The molecule has 8 heteroatoms. The average Bonchev–Trinajstić information content (AvgIpc) is 3.18. The lowest BCUT2D eigenvalue weighted by atomic mass is 10.1. The minimum Gasteiger partial charge on any atom is -0.369 e. The molecule has 0 fully saturated rings. The molecule has 0 aliphatic carbocycles. The van der Waals surface area contributed by atoms with Gasteiger partial charge in [-0.1, -0.05) is 12.1 Å². The number of amides is 1. The van der Waals surface area contributed by atoms with E-state index in [1.165, 1.54) is 12.1 Å². The van der Waals surface area contributed by atoms with Gasteiger partial charge in [-0.05, 0) is 50.5 Å². The Morgan fingerprint density at radius 1 is 1.29 bits per heavy atom. The molecule has 0 bridgehead atoms. The zero-order valence-corrected chi connectivity index (χ0v) is 16.1. The zero-order chi connectivity index (χ0) is 20.1. The topological polar surface area (TPSA) is 95.6 Å². The highest BCUT2D eigenvalue weighted by Crippen LogP contribution is 2.17. The van der Waals surface area contributed by atoms with E-state index in [9.17, 15) is 9.18 Å². The van der Waals surface area contributed by atoms with Gasteiger partial charge < -0.3 is 10.6 Å². The number of hydrogen-bond acceptors (Lipinski definition) is 5. The van der Waals surface area contributed by atoms with Crippen LogP contribution in [0.25, 0.3) is 0 Å². The summed E-state index contributed by atoms with van der Waals surface area (Å²) in [6.45, 7) is 6.19. The predicted molar refractivity (Wildman–Crippen MR) is 105 cm³/mol. The van der Waals surface area contributed by atoms with Gasteiger partial charge in [-0.15, -0.1) is 0 Å². The molecule has 2 aromatic heterocycles. The molecule has 7 nitrogen and oxygen atoms in total. The van der Waals surface area contributed by atoms with E-state index in [1.807, 2.05) is 20.0 Å². The highest BCUT2D eigenvalue weighted by Gasteiger charge is 2.17. The summed E-state index contributed by atoms with van der Waals surface area (Å²) < 4.78 is 13.4. The Balaban J connectivity index is 1.70. The third-order valence-corrected chi connectivity index (χ3v) is 4.55. The van der Waals surface area contributed by atoms with Crippen LogP contribution in [0.2, 0.25) is 0 Å². The van der Waals surface area contributed by atoms with Crippen molar-refractivity contribution in [3.8, 4) is 0 Å². The van der Waals surface area contributed by atoms with E-state index in [0.717, 1.165) is 23.2 Å². The molecular weight excluding hydrogens is 359 g/mol. The minimum absolute atomic E-state index is 0.0807. The number of rotatable bonds is 7. The van der Waals surface area contributed by atoms with Gasteiger partial charge in [-0.25, -0.2) is 14.4 Å². The molecule has 0 spiro atoms. The van der Waals surface area contributed by atoms with Crippen LogP contribution in [0.5, 0.6) is 0 Å². The van der Waals surface area contributed by atoms with Gasteiger partial charge in [-0.3, -0.25) is 9.89 Å². The number of anilines is 1. The number of carbonyl (C=O) groups excluding carboxylic acids is 1. The van der Waals surface area contributed by atoms with Crippen LogP contribution < -0.4 is 10.6 Å². The molecule has 28 heavy (non-hydrogen) atoms. The van der Waals surface area contributed by atoms with Crippen molar-refractivity contribution in [2.75, 3.05) is 11.9 Å². The van der Waals surface area contributed by atoms with Crippen LogP contribution in [-0.2, 0) is 6.42 Å². The third kappa shape index (κ3) is 4.70. The van der Waals surface area contributed by atoms with Crippen molar-refractivity contribution in [3.05, 3.63) is 70.7 Å². The predicted octanol–water partition coefficient (Wildman–Crippen LogP) is 3.10. The first-order chi connectivity index (χ1) is 13.4. The van der Waals surface area contributed by atoms with Crippen LogP contribution in [0.1, 0.15) is 46.0 Å². The highest BCUT2D eigenvalue weighted by molar-refractivity contribution is 5.91. The number of carbonyl (C=O) groups is 1. The maximum absolute atomic E-state index is 13.4. The van der Waals surface area contributed by atoms with Crippen LogP contribution in [0.4, 0.5) is 10.2 Å². The first-order valence-corrected chi connectivity index (χ1v) is 9.07. The largest absolute Gasteiger partial charge is 0.369 e. The van der Waals surface area contributed by atoms with E-state index in [1.54, 1.807) is 25.3 Å². The van der Waals surface area contributed by atoms with Gasteiger partial charge >= 0.3 is 0 Å². The summed E-state index contributed by atoms with van der Waals surface area (Å²) in [7, 11) is 0. The normalized spacial score (nSPS) is 11.9. The van der Waals surface area contributed by atoms with E-state index >= 15 is 0 Å². The number of halogens is 1. The van der Waals surface area contributed by atoms with Crippen molar-refractivity contribution >= 4 is 11.7 Å². The summed E-state index contributed by atoms with van der Waals surface area (Å²) in [5, 5.41) is 12.8. The Kier molecular flexibility index (Phi) is 5.98. The molecule has 0 aliphatic heterocycles. The summed E-state index contributed by atoms with van der Waals surface area (Å²) in [6, 6.07) is 5.77. The first-order valence-electron chi connectivity index (χ1n) is 9.07. The highest BCUT2D eigenvalue weighted by atomic mass is 19.1. The van der Waals surface area contributed by atoms with Gasteiger partial charge in [-0.2, -0.15) is 5.10 Å². The molecule has 1 aromatic carbocycles. The summed E-state index contributed by atoms with van der Waals surface area (Å²) in [4.78, 5) is 21.3. The van der Waals surface area contributed by atoms with Crippen molar-refractivity contribution in [1.29, 1.82) is 0 Å². The summed E-state index contributed by atoms with van der Waals surface area (Å²) in [6.07, 6.45) is 4.38.